The Hall–Kier alpha value is -5.96. The summed E-state index contributed by atoms with van der Waals surface area (Å²) in [7, 11) is 0. The van der Waals surface area contributed by atoms with E-state index in [0.29, 0.717) is 69.7 Å². The van der Waals surface area contributed by atoms with E-state index < -0.39 is 29.8 Å². The fourth-order valence-corrected chi connectivity index (χ4v) is 7.19. The van der Waals surface area contributed by atoms with Crippen LogP contribution in [0.15, 0.2) is 97.5 Å². The van der Waals surface area contributed by atoms with E-state index in [2.05, 4.69) is 11.3 Å². The standard InChI is InChI=1S/C42H41NO12S/c1-2-30(7-3-22-54-38-33-14-12-29(45)25-36(33)56-39(38)27-8-10-28(44)11-9-27)52-23-5-20-50-18-4-19-51-21-6-24-53-31-13-15-32-34(26-31)41(48)43(40(32)47)35-16-17-37(46)55-42(35)49/h2-3,7-15,22,25-26,35,44-45H,1,4-6,16-21,23-24H2/b22-3+,30-7+. The summed E-state index contributed by atoms with van der Waals surface area (Å²) in [6, 6.07) is 15.4. The fraction of sp³-hybridized carbons (Fsp3) is 0.286. The molecule has 0 radical (unpaired) electrons. The SMILES string of the molecule is C=C/C(=C\C=C\Oc1c(-c2ccc(O)cc2)sc2cc(O)ccc12)OCCCOCCCOCCCOc1ccc2c(c1)C(=O)N(C1CCC(=O)OC1=O)C2=O. The minimum absolute atomic E-state index is 0.0377. The third kappa shape index (κ3) is 9.82. The predicted molar refractivity (Wildman–Crippen MR) is 207 cm³/mol. The molecule has 14 heteroatoms. The average Bonchev–Trinajstić information content (AvgIpc) is 3.66. The van der Waals surface area contributed by atoms with E-state index in [1.54, 1.807) is 54.8 Å². The summed E-state index contributed by atoms with van der Waals surface area (Å²) in [5, 5.41) is 20.5. The molecule has 3 aromatic carbocycles. The molecule has 2 aliphatic heterocycles. The summed E-state index contributed by atoms with van der Waals surface area (Å²) >= 11 is 1.49. The van der Waals surface area contributed by atoms with Crippen LogP contribution in [0, 0.1) is 0 Å². The number of phenols is 2. The zero-order chi connectivity index (χ0) is 39.4. The second kappa shape index (κ2) is 19.1. The number of hydrogen-bond donors (Lipinski definition) is 2. The van der Waals surface area contributed by atoms with Gasteiger partial charge in [-0.25, -0.2) is 4.79 Å². The number of ether oxygens (including phenoxy) is 6. The van der Waals surface area contributed by atoms with Crippen molar-refractivity contribution in [2.24, 2.45) is 0 Å². The number of amides is 2. The number of aromatic hydroxyl groups is 2. The Morgan fingerprint density at radius 1 is 0.839 bits per heavy atom. The molecule has 0 saturated carbocycles. The number of cyclic esters (lactones) is 2. The second-order valence-corrected chi connectivity index (χ2v) is 13.8. The highest BCUT2D eigenvalue weighted by Gasteiger charge is 2.45. The molecule has 1 atom stereocenters. The van der Waals surface area contributed by atoms with Gasteiger partial charge in [-0.1, -0.05) is 6.58 Å². The van der Waals surface area contributed by atoms with Gasteiger partial charge >= 0.3 is 11.9 Å². The minimum Gasteiger partial charge on any atom is -0.508 e. The van der Waals surface area contributed by atoms with Crippen molar-refractivity contribution in [3.05, 3.63) is 109 Å². The van der Waals surface area contributed by atoms with Gasteiger partial charge in [-0.3, -0.25) is 19.3 Å². The van der Waals surface area contributed by atoms with Crippen LogP contribution in [0.2, 0.25) is 0 Å². The van der Waals surface area contributed by atoms with Crippen LogP contribution < -0.4 is 9.47 Å². The van der Waals surface area contributed by atoms with E-state index in [1.807, 2.05) is 18.2 Å². The molecule has 56 heavy (non-hydrogen) atoms. The highest BCUT2D eigenvalue weighted by atomic mass is 32.1. The Morgan fingerprint density at radius 2 is 1.54 bits per heavy atom. The van der Waals surface area contributed by atoms with Gasteiger partial charge in [0.05, 0.1) is 35.5 Å². The van der Waals surface area contributed by atoms with Crippen LogP contribution in [0.1, 0.15) is 52.8 Å². The average molecular weight is 784 g/mol. The molecule has 1 fully saturated rings. The number of fused-ring (bicyclic) bond motifs is 2. The minimum atomic E-state index is -1.12. The number of allylic oxidation sites excluding steroid dienone is 3. The number of phenolic OH excluding ortho intramolecular Hbond substituents is 2. The largest absolute Gasteiger partial charge is 0.508 e. The lowest BCUT2D eigenvalue weighted by Crippen LogP contribution is -2.48. The summed E-state index contributed by atoms with van der Waals surface area (Å²) < 4.78 is 34.5. The van der Waals surface area contributed by atoms with Gasteiger partial charge in [0, 0.05) is 55.8 Å². The van der Waals surface area contributed by atoms with Gasteiger partial charge in [-0.2, -0.15) is 0 Å². The van der Waals surface area contributed by atoms with Crippen LogP contribution in [0.25, 0.3) is 20.5 Å². The van der Waals surface area contributed by atoms with Crippen molar-refractivity contribution in [2.75, 3.05) is 39.6 Å². The number of benzene rings is 3. The monoisotopic (exact) mass is 783 g/mol. The van der Waals surface area contributed by atoms with Crippen molar-refractivity contribution in [1.82, 2.24) is 4.90 Å². The Labute approximate surface area is 326 Å². The number of carbonyl (C=O) groups excluding carboxylic acids is 4. The molecular formula is C42H41NO12S. The first kappa shape index (κ1) is 39.7. The smallest absolute Gasteiger partial charge is 0.337 e. The molecule has 0 bridgehead atoms. The van der Waals surface area contributed by atoms with E-state index in [0.717, 1.165) is 31.8 Å². The van der Waals surface area contributed by atoms with Crippen LogP contribution >= 0.6 is 11.3 Å². The normalized spacial score (nSPS) is 15.8. The van der Waals surface area contributed by atoms with Crippen LogP contribution in [0.3, 0.4) is 0 Å². The van der Waals surface area contributed by atoms with Crippen molar-refractivity contribution in [2.45, 2.75) is 38.1 Å². The number of thiophene rings is 1. The molecule has 3 heterocycles. The second-order valence-electron chi connectivity index (χ2n) is 12.7. The Bertz CT molecular complexity index is 2140. The third-order valence-corrected chi connectivity index (χ3v) is 9.96. The molecule has 6 rings (SSSR count). The number of hydrogen-bond acceptors (Lipinski definition) is 13. The molecule has 2 N–H and O–H groups in total. The van der Waals surface area contributed by atoms with Crippen LogP contribution in [0.4, 0.5) is 0 Å². The van der Waals surface area contributed by atoms with Gasteiger partial charge < -0.3 is 38.6 Å². The molecule has 0 spiro atoms. The Morgan fingerprint density at radius 3 is 2.27 bits per heavy atom. The molecule has 4 aromatic rings. The first-order valence-corrected chi connectivity index (χ1v) is 18.9. The van der Waals surface area contributed by atoms with Crippen molar-refractivity contribution >= 4 is 45.2 Å². The van der Waals surface area contributed by atoms with Crippen molar-refractivity contribution in [1.29, 1.82) is 0 Å². The first-order valence-electron chi connectivity index (χ1n) is 18.1. The Kier molecular flexibility index (Phi) is 13.5. The van der Waals surface area contributed by atoms with E-state index in [4.69, 9.17) is 23.7 Å². The molecule has 2 aliphatic rings. The number of imide groups is 1. The lowest BCUT2D eigenvalue weighted by molar-refractivity contribution is -0.167. The summed E-state index contributed by atoms with van der Waals surface area (Å²) in [6.07, 6.45) is 8.65. The summed E-state index contributed by atoms with van der Waals surface area (Å²) in [5.74, 6) is -0.802. The number of rotatable bonds is 20. The molecule has 2 amide bonds. The fourth-order valence-electron chi connectivity index (χ4n) is 6.02. The third-order valence-electron chi connectivity index (χ3n) is 8.77. The zero-order valence-electron chi connectivity index (χ0n) is 30.5. The summed E-state index contributed by atoms with van der Waals surface area (Å²) in [6.45, 7) is 6.65. The van der Waals surface area contributed by atoms with Crippen molar-refractivity contribution < 1.29 is 57.8 Å². The highest BCUT2D eigenvalue weighted by molar-refractivity contribution is 7.22. The van der Waals surface area contributed by atoms with Crippen molar-refractivity contribution in [3.63, 3.8) is 0 Å². The van der Waals surface area contributed by atoms with Gasteiger partial charge in [-0.05, 0) is 97.3 Å². The molecule has 292 valence electrons. The lowest BCUT2D eigenvalue weighted by atomic mass is 10.1. The number of carbonyl (C=O) groups is 4. The topological polar surface area (TPSA) is 167 Å². The molecule has 1 saturated heterocycles. The highest BCUT2D eigenvalue weighted by Crippen LogP contribution is 2.45. The molecular weight excluding hydrogens is 743 g/mol. The molecule has 13 nitrogen and oxygen atoms in total. The predicted octanol–water partition coefficient (Wildman–Crippen LogP) is 7.07. The van der Waals surface area contributed by atoms with E-state index >= 15 is 0 Å². The maximum Gasteiger partial charge on any atom is 0.337 e. The number of esters is 2. The Balaban J connectivity index is 0.824. The lowest BCUT2D eigenvalue weighted by Gasteiger charge is -2.26. The molecule has 1 aromatic heterocycles. The van der Waals surface area contributed by atoms with Crippen LogP contribution in [-0.2, 0) is 28.5 Å². The number of nitrogens with zero attached hydrogens (tertiary/aromatic N) is 1. The van der Waals surface area contributed by atoms with Gasteiger partial charge in [0.1, 0.15) is 29.0 Å². The van der Waals surface area contributed by atoms with Crippen LogP contribution in [0.5, 0.6) is 23.0 Å². The van der Waals surface area contributed by atoms with E-state index in [-0.39, 0.29) is 35.5 Å². The summed E-state index contributed by atoms with van der Waals surface area (Å²) in [4.78, 5) is 51.0. The van der Waals surface area contributed by atoms with E-state index in [1.165, 1.54) is 23.5 Å². The van der Waals surface area contributed by atoms with Crippen molar-refractivity contribution in [3.8, 4) is 33.4 Å². The van der Waals surface area contributed by atoms with Gasteiger partial charge in [0.15, 0.2) is 5.75 Å². The zero-order valence-corrected chi connectivity index (χ0v) is 31.3. The van der Waals surface area contributed by atoms with Crippen LogP contribution in [-0.4, -0.2) is 84.5 Å². The molecule has 1 unspecified atom stereocenters. The van der Waals surface area contributed by atoms with Gasteiger partial charge in [0.2, 0.25) is 0 Å². The van der Waals surface area contributed by atoms with Gasteiger partial charge in [-0.15, -0.1) is 11.3 Å². The molecule has 0 aliphatic carbocycles. The first-order chi connectivity index (χ1) is 27.2. The summed E-state index contributed by atoms with van der Waals surface area (Å²) in [5.41, 5.74) is 1.20. The van der Waals surface area contributed by atoms with E-state index in [9.17, 15) is 29.4 Å². The maximum absolute atomic E-state index is 13.0. The quantitative estimate of drug-likeness (QED) is 0.0234. The van der Waals surface area contributed by atoms with Gasteiger partial charge in [0.25, 0.3) is 11.8 Å². The maximum atomic E-state index is 13.0.